The van der Waals surface area contributed by atoms with Crippen molar-refractivity contribution in [2.24, 2.45) is 0 Å². The summed E-state index contributed by atoms with van der Waals surface area (Å²) >= 11 is 0.878. The summed E-state index contributed by atoms with van der Waals surface area (Å²) in [6.07, 6.45) is -0.918. The van der Waals surface area contributed by atoms with Crippen molar-refractivity contribution in [2.75, 3.05) is 6.61 Å². The van der Waals surface area contributed by atoms with Gasteiger partial charge in [0, 0.05) is 23.9 Å². The molecule has 0 saturated carbocycles. The van der Waals surface area contributed by atoms with Crippen LogP contribution in [0, 0.1) is 10.7 Å². The van der Waals surface area contributed by atoms with Crippen LogP contribution in [-0.4, -0.2) is 38.6 Å². The zero-order chi connectivity index (χ0) is 14.7. The predicted molar refractivity (Wildman–Crippen MR) is 69.9 cm³/mol. The summed E-state index contributed by atoms with van der Waals surface area (Å²) in [5.41, 5.74) is -0.940. The van der Waals surface area contributed by atoms with Crippen LogP contribution in [0.4, 0.5) is 0 Å². The lowest BCUT2D eigenvalue weighted by Gasteiger charge is -2.15. The molecule has 0 spiro atoms. The first kappa shape index (κ1) is 14.8. The topological polar surface area (TPSA) is 128 Å². The largest absolute Gasteiger partial charge is 0.394 e. The molecule has 0 radical (unpaired) electrons. The molecule has 0 bridgehead atoms. The van der Waals surface area contributed by atoms with E-state index in [0.717, 1.165) is 16.3 Å². The number of thiocyanates is 1. The summed E-state index contributed by atoms with van der Waals surface area (Å²) in [4.78, 5) is 25.5. The minimum Gasteiger partial charge on any atom is -0.394 e. The van der Waals surface area contributed by atoms with Crippen LogP contribution in [0.25, 0.3) is 0 Å². The molecule has 0 aliphatic carbocycles. The number of nitrogens with zero attached hydrogens (tertiary/aromatic N) is 2. The van der Waals surface area contributed by atoms with Crippen LogP contribution in [0.3, 0.4) is 0 Å². The first-order valence-electron chi connectivity index (χ1n) is 5.86. The Morgan fingerprint density at radius 2 is 2.35 bits per heavy atom. The average molecular weight is 299 g/mol. The Labute approximate surface area is 117 Å². The van der Waals surface area contributed by atoms with E-state index < -0.39 is 29.7 Å². The van der Waals surface area contributed by atoms with Crippen LogP contribution in [0.1, 0.15) is 18.2 Å². The lowest BCUT2D eigenvalue weighted by molar-refractivity contribution is -0.0459. The summed E-state index contributed by atoms with van der Waals surface area (Å²) in [5.74, 6) is 0.144. The van der Waals surface area contributed by atoms with Crippen molar-refractivity contribution in [1.29, 1.82) is 5.26 Å². The number of thioether (sulfide) groups is 1. The monoisotopic (exact) mass is 299 g/mol. The minimum atomic E-state index is -0.874. The maximum absolute atomic E-state index is 11.8. The smallest absolute Gasteiger partial charge is 0.330 e. The maximum atomic E-state index is 11.8. The summed E-state index contributed by atoms with van der Waals surface area (Å²) in [5, 5.41) is 29.0. The molecule has 2 rings (SSSR count). The fourth-order valence-electron chi connectivity index (χ4n) is 2.00. The molecule has 3 N–H and O–H groups in total. The Balaban J connectivity index is 2.31. The molecule has 1 fully saturated rings. The van der Waals surface area contributed by atoms with Crippen molar-refractivity contribution < 1.29 is 14.9 Å². The SMILES string of the molecule is N#CSCc1cn([C@H]2C[C@H](O)[C@@H](CO)O2)c(=O)[nH]c1=O. The molecule has 3 atom stereocenters. The van der Waals surface area contributed by atoms with Gasteiger partial charge in [0.1, 0.15) is 17.7 Å². The number of aliphatic hydroxyl groups excluding tert-OH is 2. The fourth-order valence-corrected chi connectivity index (χ4v) is 2.43. The Morgan fingerprint density at radius 1 is 1.60 bits per heavy atom. The van der Waals surface area contributed by atoms with E-state index >= 15 is 0 Å². The number of nitrogens with one attached hydrogen (secondary N) is 1. The molecule has 1 aromatic rings. The molecular formula is C11H13N3O5S. The van der Waals surface area contributed by atoms with Gasteiger partial charge in [-0.3, -0.25) is 14.3 Å². The number of aliphatic hydroxyl groups is 2. The van der Waals surface area contributed by atoms with Crippen LogP contribution in [-0.2, 0) is 10.5 Å². The molecule has 0 aromatic carbocycles. The van der Waals surface area contributed by atoms with Crippen LogP contribution in [0.5, 0.6) is 0 Å². The maximum Gasteiger partial charge on any atom is 0.330 e. The van der Waals surface area contributed by atoms with Gasteiger partial charge >= 0.3 is 5.69 Å². The fraction of sp³-hybridized carbons (Fsp3) is 0.545. The molecule has 8 nitrogen and oxygen atoms in total. The third-order valence-electron chi connectivity index (χ3n) is 3.03. The third kappa shape index (κ3) is 2.94. The van der Waals surface area contributed by atoms with E-state index in [9.17, 15) is 14.7 Å². The van der Waals surface area contributed by atoms with E-state index in [1.807, 2.05) is 5.40 Å². The number of rotatable bonds is 4. The van der Waals surface area contributed by atoms with Gasteiger partial charge in [-0.1, -0.05) is 0 Å². The number of aromatic amines is 1. The second-order valence-corrected chi connectivity index (χ2v) is 5.08. The van der Waals surface area contributed by atoms with Gasteiger partial charge in [-0.15, -0.1) is 0 Å². The second-order valence-electron chi connectivity index (χ2n) is 4.32. The van der Waals surface area contributed by atoms with Crippen molar-refractivity contribution in [3.8, 4) is 5.40 Å². The first-order valence-corrected chi connectivity index (χ1v) is 6.85. The van der Waals surface area contributed by atoms with Gasteiger partial charge in [0.2, 0.25) is 0 Å². The van der Waals surface area contributed by atoms with Gasteiger partial charge in [0.15, 0.2) is 0 Å². The van der Waals surface area contributed by atoms with Crippen LogP contribution in [0.2, 0.25) is 0 Å². The van der Waals surface area contributed by atoms with Crippen LogP contribution >= 0.6 is 11.8 Å². The summed E-state index contributed by atoms with van der Waals surface area (Å²) in [7, 11) is 0. The van der Waals surface area contributed by atoms with Crippen LogP contribution < -0.4 is 11.2 Å². The minimum absolute atomic E-state index is 0.141. The van der Waals surface area contributed by atoms with Crippen molar-refractivity contribution in [3.63, 3.8) is 0 Å². The highest BCUT2D eigenvalue weighted by atomic mass is 32.2. The number of hydrogen-bond acceptors (Lipinski definition) is 7. The zero-order valence-electron chi connectivity index (χ0n) is 10.4. The van der Waals surface area contributed by atoms with Crippen LogP contribution in [0.15, 0.2) is 15.8 Å². The van der Waals surface area contributed by atoms with Crippen molar-refractivity contribution in [2.45, 2.75) is 30.6 Å². The van der Waals surface area contributed by atoms with Gasteiger partial charge < -0.3 is 14.9 Å². The number of nitriles is 1. The highest BCUT2D eigenvalue weighted by Crippen LogP contribution is 2.27. The normalized spacial score (nSPS) is 25.6. The van der Waals surface area contributed by atoms with Gasteiger partial charge in [0.25, 0.3) is 5.56 Å². The van der Waals surface area contributed by atoms with E-state index in [1.54, 1.807) is 0 Å². The first-order chi connectivity index (χ1) is 9.56. The number of hydrogen-bond donors (Lipinski definition) is 3. The number of aromatic nitrogens is 2. The highest BCUT2D eigenvalue weighted by molar-refractivity contribution is 8.02. The molecule has 0 amide bonds. The number of ether oxygens (including phenoxy) is 1. The van der Waals surface area contributed by atoms with E-state index in [-0.39, 0.29) is 24.3 Å². The molecule has 9 heteroatoms. The standard InChI is InChI=1S/C11H13N3O5S/c12-5-20-4-6-2-14(11(18)13-10(6)17)9-1-7(16)8(3-15)19-9/h2,7-9,15-16H,1,3-4H2,(H,13,17,18)/t7-,8+,9+/m0/s1. The molecule has 1 saturated heterocycles. The van der Waals surface area contributed by atoms with E-state index in [1.165, 1.54) is 6.20 Å². The zero-order valence-corrected chi connectivity index (χ0v) is 11.2. The lowest BCUT2D eigenvalue weighted by Crippen LogP contribution is -2.34. The van der Waals surface area contributed by atoms with Gasteiger partial charge in [0.05, 0.1) is 12.7 Å². The van der Waals surface area contributed by atoms with Crippen molar-refractivity contribution in [1.82, 2.24) is 9.55 Å². The molecule has 1 aliphatic heterocycles. The Morgan fingerprint density at radius 3 is 2.95 bits per heavy atom. The Kier molecular flexibility index (Phi) is 4.61. The average Bonchev–Trinajstić information content (AvgIpc) is 2.79. The lowest BCUT2D eigenvalue weighted by atomic mass is 10.2. The summed E-state index contributed by atoms with van der Waals surface area (Å²) in [6, 6.07) is 0. The van der Waals surface area contributed by atoms with Gasteiger partial charge in [-0.05, 0) is 11.8 Å². The van der Waals surface area contributed by atoms with E-state index in [4.69, 9.17) is 15.1 Å². The van der Waals surface area contributed by atoms with E-state index in [2.05, 4.69) is 4.98 Å². The highest BCUT2D eigenvalue weighted by Gasteiger charge is 2.35. The quantitative estimate of drug-likeness (QED) is 0.601. The molecule has 108 valence electrons. The van der Waals surface area contributed by atoms with E-state index in [0.29, 0.717) is 0 Å². The molecule has 2 heterocycles. The summed E-state index contributed by atoms with van der Waals surface area (Å²) in [6.45, 7) is -0.354. The molecule has 20 heavy (non-hydrogen) atoms. The Bertz CT molecular complexity index is 634. The molecule has 1 aliphatic rings. The molecule has 0 unspecified atom stereocenters. The van der Waals surface area contributed by atoms with Gasteiger partial charge in [-0.25, -0.2) is 4.79 Å². The van der Waals surface area contributed by atoms with Gasteiger partial charge in [-0.2, -0.15) is 5.26 Å². The third-order valence-corrected chi connectivity index (χ3v) is 3.61. The summed E-state index contributed by atoms with van der Waals surface area (Å²) < 4.78 is 6.52. The second kappa shape index (κ2) is 6.23. The molecule has 1 aromatic heterocycles. The van der Waals surface area contributed by atoms with Crippen molar-refractivity contribution in [3.05, 3.63) is 32.6 Å². The number of H-pyrrole nitrogens is 1. The Hall–Kier alpha value is -1.60. The van der Waals surface area contributed by atoms with Crippen molar-refractivity contribution >= 4 is 11.8 Å². The predicted octanol–water partition coefficient (Wildman–Crippen LogP) is -1.11. The molecular weight excluding hydrogens is 286 g/mol.